The van der Waals surface area contributed by atoms with Gasteiger partial charge in [0.25, 0.3) is 5.91 Å². The maximum Gasteiger partial charge on any atom is 0.255 e. The van der Waals surface area contributed by atoms with Crippen LogP contribution in [-0.2, 0) is 4.79 Å². The average Bonchev–Trinajstić information content (AvgIpc) is 3.24. The molecular weight excluding hydrogens is 458 g/mol. The van der Waals surface area contributed by atoms with Gasteiger partial charge in [-0.1, -0.05) is 62.4 Å². The number of amides is 1. The van der Waals surface area contributed by atoms with Crippen molar-refractivity contribution in [2.45, 2.75) is 58.2 Å². The summed E-state index contributed by atoms with van der Waals surface area (Å²) in [6.07, 6.45) is 3.11. The van der Waals surface area contributed by atoms with E-state index in [1.807, 2.05) is 67.1 Å². The van der Waals surface area contributed by atoms with Crippen molar-refractivity contribution in [1.82, 2.24) is 14.8 Å². The zero-order valence-electron chi connectivity index (χ0n) is 20.8. The van der Waals surface area contributed by atoms with E-state index in [2.05, 4.69) is 24.5 Å². The molecule has 0 saturated carbocycles. The van der Waals surface area contributed by atoms with Crippen molar-refractivity contribution in [3.05, 3.63) is 70.9 Å². The number of nitrogens with zero attached hydrogens (tertiary/aromatic N) is 3. The molecule has 0 spiro atoms. The lowest BCUT2D eigenvalue weighted by Gasteiger charge is -2.29. The minimum Gasteiger partial charge on any atom is -0.493 e. The third-order valence-electron chi connectivity index (χ3n) is 5.76. The molecule has 2 heterocycles. The lowest BCUT2D eigenvalue weighted by atomic mass is 9.94. The summed E-state index contributed by atoms with van der Waals surface area (Å²) in [7, 11) is 0. The fraction of sp³-hybridized carbons (Fsp3) is 0.370. The van der Waals surface area contributed by atoms with Crippen LogP contribution in [0.4, 0.5) is 11.6 Å². The van der Waals surface area contributed by atoms with Crippen molar-refractivity contribution >= 4 is 29.3 Å². The van der Waals surface area contributed by atoms with Crippen LogP contribution in [0.1, 0.15) is 57.2 Å². The fourth-order valence-electron chi connectivity index (χ4n) is 4.05. The largest absolute Gasteiger partial charge is 0.493 e. The Kier molecular flexibility index (Phi) is 8.13. The topological polar surface area (TPSA) is 81.1 Å². The Morgan fingerprint density at radius 3 is 2.74 bits per heavy atom. The van der Waals surface area contributed by atoms with E-state index < -0.39 is 6.04 Å². The second-order valence-corrected chi connectivity index (χ2v) is 9.70. The Balaban J connectivity index is 1.76. The number of nitrogens with one attached hydrogen (secondary N) is 2. The molecule has 2 N–H and O–H groups in total. The standard InChI is InChI=1S/C27H33N5O2S/c1-5-7-16-35-27-30-26-28-19(4)23(25(33)29-20-12-10-11-18(3)17-20)24(32(26)31-27)21-13-8-9-14-22(21)34-15-6-2/h8-14,17,24H,5-7,15-16H2,1-4H3,(H,29,33)(H,28,30,31). The Hall–Kier alpha value is -3.26. The van der Waals surface area contributed by atoms with E-state index in [4.69, 9.17) is 14.8 Å². The summed E-state index contributed by atoms with van der Waals surface area (Å²) in [6, 6.07) is 15.2. The molecule has 35 heavy (non-hydrogen) atoms. The summed E-state index contributed by atoms with van der Waals surface area (Å²) < 4.78 is 7.92. The Labute approximate surface area is 211 Å². The number of unbranched alkanes of at least 4 members (excludes halogenated alkanes) is 1. The summed E-state index contributed by atoms with van der Waals surface area (Å²) >= 11 is 1.64. The number of hydrogen-bond donors (Lipinski definition) is 2. The Bertz CT molecular complexity index is 1220. The quantitative estimate of drug-likeness (QED) is 0.260. The van der Waals surface area contributed by atoms with Crippen molar-refractivity contribution in [3.63, 3.8) is 0 Å². The van der Waals surface area contributed by atoms with Gasteiger partial charge in [0.2, 0.25) is 11.1 Å². The summed E-state index contributed by atoms with van der Waals surface area (Å²) in [5.74, 6) is 2.14. The third-order valence-corrected chi connectivity index (χ3v) is 6.68. The van der Waals surface area contributed by atoms with Gasteiger partial charge in [0.05, 0.1) is 12.2 Å². The van der Waals surface area contributed by atoms with Crippen LogP contribution in [0.5, 0.6) is 5.75 Å². The molecule has 2 aromatic carbocycles. The molecule has 1 aliphatic rings. The van der Waals surface area contributed by atoms with E-state index in [-0.39, 0.29) is 5.91 Å². The van der Waals surface area contributed by atoms with Crippen LogP contribution in [-0.4, -0.2) is 33.0 Å². The predicted octanol–water partition coefficient (Wildman–Crippen LogP) is 6.20. The molecule has 0 aliphatic carbocycles. The van der Waals surface area contributed by atoms with Gasteiger partial charge in [-0.15, -0.1) is 5.10 Å². The number of allylic oxidation sites excluding steroid dienone is 1. The summed E-state index contributed by atoms with van der Waals surface area (Å²) in [4.78, 5) is 18.4. The average molecular weight is 492 g/mol. The highest BCUT2D eigenvalue weighted by atomic mass is 32.2. The van der Waals surface area contributed by atoms with Crippen molar-refractivity contribution in [2.24, 2.45) is 0 Å². The molecule has 0 bridgehead atoms. The van der Waals surface area contributed by atoms with Crippen molar-refractivity contribution < 1.29 is 9.53 Å². The first-order valence-electron chi connectivity index (χ1n) is 12.2. The van der Waals surface area contributed by atoms with Crippen molar-refractivity contribution in [3.8, 4) is 5.75 Å². The molecule has 0 radical (unpaired) electrons. The minimum absolute atomic E-state index is 0.183. The van der Waals surface area contributed by atoms with Gasteiger partial charge in [-0.2, -0.15) is 4.98 Å². The lowest BCUT2D eigenvalue weighted by molar-refractivity contribution is -0.113. The Morgan fingerprint density at radius 2 is 1.97 bits per heavy atom. The number of thioether (sulfide) groups is 1. The molecule has 1 unspecified atom stereocenters. The van der Waals surface area contributed by atoms with Crippen molar-refractivity contribution in [1.29, 1.82) is 0 Å². The summed E-state index contributed by atoms with van der Waals surface area (Å²) in [5, 5.41) is 11.9. The molecule has 4 rings (SSSR count). The highest BCUT2D eigenvalue weighted by molar-refractivity contribution is 7.99. The van der Waals surface area contributed by atoms with Crippen molar-refractivity contribution in [2.75, 3.05) is 23.0 Å². The monoisotopic (exact) mass is 491 g/mol. The van der Waals surface area contributed by atoms with Crippen LogP contribution < -0.4 is 15.4 Å². The number of benzene rings is 2. The molecule has 1 amide bonds. The summed E-state index contributed by atoms with van der Waals surface area (Å²) in [5.41, 5.74) is 4.05. The van der Waals surface area contributed by atoms with Gasteiger partial charge in [-0.3, -0.25) is 4.79 Å². The maximum absolute atomic E-state index is 13.7. The first-order valence-corrected chi connectivity index (χ1v) is 13.2. The van der Waals surface area contributed by atoms with E-state index in [1.165, 1.54) is 0 Å². The number of anilines is 2. The zero-order chi connectivity index (χ0) is 24.8. The third kappa shape index (κ3) is 5.70. The van der Waals surface area contributed by atoms with Gasteiger partial charge < -0.3 is 15.4 Å². The van der Waals surface area contributed by atoms with E-state index >= 15 is 0 Å². The van der Waals surface area contributed by atoms with Gasteiger partial charge in [0.1, 0.15) is 11.8 Å². The van der Waals surface area contributed by atoms with Crippen LogP contribution >= 0.6 is 11.8 Å². The molecule has 1 aromatic heterocycles. The number of fused-ring (bicyclic) bond motifs is 1. The van der Waals surface area contributed by atoms with E-state index in [9.17, 15) is 4.79 Å². The van der Waals surface area contributed by atoms with Gasteiger partial charge >= 0.3 is 0 Å². The number of aromatic nitrogens is 3. The molecule has 1 atom stereocenters. The first-order chi connectivity index (χ1) is 17.0. The summed E-state index contributed by atoms with van der Waals surface area (Å²) in [6.45, 7) is 8.76. The van der Waals surface area contributed by atoms with Crippen LogP contribution in [0, 0.1) is 6.92 Å². The number of hydrogen-bond acceptors (Lipinski definition) is 6. The van der Waals surface area contributed by atoms with Gasteiger partial charge in [-0.25, -0.2) is 4.68 Å². The first kappa shape index (κ1) is 24.9. The van der Waals surface area contributed by atoms with Crippen LogP contribution in [0.15, 0.2) is 65.0 Å². The number of para-hydroxylation sites is 1. The minimum atomic E-state index is -0.475. The van der Waals surface area contributed by atoms with Gasteiger partial charge in [0.15, 0.2) is 0 Å². The number of aryl methyl sites for hydroxylation is 1. The number of carbonyl (C=O) groups excluding carboxylic acids is 1. The normalized spacial score (nSPS) is 14.9. The van der Waals surface area contributed by atoms with Crippen LogP contribution in [0.3, 0.4) is 0 Å². The molecule has 8 heteroatoms. The lowest BCUT2D eigenvalue weighted by Crippen LogP contribution is -2.31. The number of rotatable bonds is 10. The van der Waals surface area contributed by atoms with E-state index in [0.29, 0.717) is 23.3 Å². The number of ether oxygens (including phenoxy) is 1. The predicted molar refractivity (Wildman–Crippen MR) is 142 cm³/mol. The molecule has 0 fully saturated rings. The second kappa shape index (κ2) is 11.4. The SMILES string of the molecule is CCCCSc1nc2n(n1)C(c1ccccc1OCCC)C(C(=O)Nc1cccc(C)c1)=C(C)N2. The Morgan fingerprint density at radius 1 is 1.14 bits per heavy atom. The molecule has 184 valence electrons. The fourth-order valence-corrected chi connectivity index (χ4v) is 4.97. The van der Waals surface area contributed by atoms with Crippen LogP contribution in [0.25, 0.3) is 0 Å². The molecule has 3 aromatic rings. The van der Waals surface area contributed by atoms with E-state index in [0.717, 1.165) is 53.3 Å². The molecule has 0 saturated heterocycles. The maximum atomic E-state index is 13.7. The zero-order valence-corrected chi connectivity index (χ0v) is 21.6. The van der Waals surface area contributed by atoms with E-state index in [1.54, 1.807) is 11.8 Å². The van der Waals surface area contributed by atoms with Gasteiger partial charge in [0, 0.05) is 22.7 Å². The molecular formula is C27H33N5O2S. The van der Waals surface area contributed by atoms with Gasteiger partial charge in [-0.05, 0) is 50.5 Å². The van der Waals surface area contributed by atoms with Crippen LogP contribution in [0.2, 0.25) is 0 Å². The molecule has 7 nitrogen and oxygen atoms in total. The highest BCUT2D eigenvalue weighted by Gasteiger charge is 2.36. The number of carbonyl (C=O) groups is 1. The molecule has 1 aliphatic heterocycles. The smallest absolute Gasteiger partial charge is 0.255 e. The highest BCUT2D eigenvalue weighted by Crippen LogP contribution is 2.40. The second-order valence-electron chi connectivity index (χ2n) is 8.64.